The van der Waals surface area contributed by atoms with Gasteiger partial charge in [-0.25, -0.2) is 4.98 Å². The zero-order valence-corrected chi connectivity index (χ0v) is 18.4. The van der Waals surface area contributed by atoms with Gasteiger partial charge in [-0.1, -0.05) is 24.3 Å². The molecule has 34 heavy (non-hydrogen) atoms. The number of benzene rings is 1. The maximum atomic E-state index is 12.6. The van der Waals surface area contributed by atoms with Gasteiger partial charge < -0.3 is 10.2 Å². The summed E-state index contributed by atoms with van der Waals surface area (Å²) in [6.07, 6.45) is 2.71. The lowest BCUT2D eigenvalue weighted by Gasteiger charge is -2.28. The van der Waals surface area contributed by atoms with E-state index in [-0.39, 0.29) is 5.97 Å². The normalized spacial score (nSPS) is 18.4. The van der Waals surface area contributed by atoms with Crippen molar-refractivity contribution in [3.05, 3.63) is 72.2 Å². The van der Waals surface area contributed by atoms with E-state index < -0.39 is 11.9 Å². The third-order valence-corrected chi connectivity index (χ3v) is 6.22. The molecule has 1 aliphatic rings. The van der Waals surface area contributed by atoms with Crippen LogP contribution in [0.25, 0.3) is 11.3 Å². The van der Waals surface area contributed by atoms with E-state index in [1.54, 1.807) is 6.20 Å². The molecule has 6 nitrogen and oxygen atoms in total. The van der Waals surface area contributed by atoms with Crippen molar-refractivity contribution in [1.29, 1.82) is 0 Å². The van der Waals surface area contributed by atoms with Gasteiger partial charge in [-0.15, -0.1) is 0 Å². The molecule has 0 aliphatic heterocycles. The Balaban J connectivity index is 1.34. The molecule has 0 radical (unpaired) electrons. The van der Waals surface area contributed by atoms with Crippen LogP contribution in [-0.4, -0.2) is 15.9 Å². The molecule has 1 aromatic carbocycles. The Hall–Kier alpha value is -3.46. The first-order valence-corrected chi connectivity index (χ1v) is 11.1. The van der Waals surface area contributed by atoms with Crippen molar-refractivity contribution in [2.45, 2.75) is 44.2 Å². The molecule has 0 amide bonds. The Bertz CT molecular complexity index is 1090. The lowest BCUT2D eigenvalue weighted by molar-refractivity contribution is -0.145. The van der Waals surface area contributed by atoms with E-state index in [0.29, 0.717) is 29.6 Å². The number of alkyl halides is 3. The van der Waals surface area contributed by atoms with Crippen LogP contribution in [0.1, 0.15) is 49.3 Å². The summed E-state index contributed by atoms with van der Waals surface area (Å²) in [4.78, 5) is 23.6. The first-order chi connectivity index (χ1) is 16.3. The van der Waals surface area contributed by atoms with E-state index in [2.05, 4.69) is 32.3 Å². The van der Waals surface area contributed by atoms with Gasteiger partial charge in [0.05, 0.1) is 35.9 Å². The van der Waals surface area contributed by atoms with Crippen LogP contribution in [0.4, 0.5) is 24.5 Å². The van der Waals surface area contributed by atoms with Crippen molar-refractivity contribution < 1.29 is 22.8 Å². The van der Waals surface area contributed by atoms with Gasteiger partial charge in [0, 0.05) is 5.56 Å². The van der Waals surface area contributed by atoms with Crippen LogP contribution in [0.3, 0.4) is 0 Å². The van der Waals surface area contributed by atoms with E-state index in [1.807, 2.05) is 24.3 Å². The van der Waals surface area contributed by atoms with Crippen molar-refractivity contribution in [1.82, 2.24) is 9.97 Å². The van der Waals surface area contributed by atoms with Gasteiger partial charge in [-0.3, -0.25) is 9.78 Å². The predicted octanol–water partition coefficient (Wildman–Crippen LogP) is 5.99. The van der Waals surface area contributed by atoms with Crippen molar-refractivity contribution >= 4 is 17.3 Å². The highest BCUT2D eigenvalue weighted by atomic mass is 19.4. The van der Waals surface area contributed by atoms with Crippen LogP contribution in [0.5, 0.6) is 0 Å². The molecule has 2 heterocycles. The average Bonchev–Trinajstić information content (AvgIpc) is 2.85. The zero-order valence-electron chi connectivity index (χ0n) is 18.4. The van der Waals surface area contributed by atoms with Crippen molar-refractivity contribution in [2.24, 2.45) is 11.8 Å². The number of pyridine rings is 2. The number of carbonyl (C=O) groups is 1. The van der Waals surface area contributed by atoms with Crippen molar-refractivity contribution in [3.63, 3.8) is 0 Å². The van der Waals surface area contributed by atoms with Gasteiger partial charge in [0.1, 0.15) is 5.69 Å². The Kier molecular flexibility index (Phi) is 7.12. The Labute approximate surface area is 195 Å². The number of nitrogens with two attached hydrogens (primary N) is 1. The molecule has 1 fully saturated rings. The molecule has 3 N–H and O–H groups in total. The highest BCUT2D eigenvalue weighted by molar-refractivity contribution is 5.69. The molecule has 178 valence electrons. The summed E-state index contributed by atoms with van der Waals surface area (Å²) < 4.78 is 37.9. The Morgan fingerprint density at radius 2 is 1.59 bits per heavy atom. The number of hydrogen-bond acceptors (Lipinski definition) is 6. The SMILES string of the molecule is NOC(=O)CC1CCC(c2ccc(-c3ccc(Nc4ccc(C(F)(F)F)nc4)cn3)cc2)CC1. The minimum Gasteiger partial charge on any atom is -0.373 e. The third-order valence-electron chi connectivity index (χ3n) is 6.22. The number of nitrogens with zero attached hydrogens (tertiary/aromatic N) is 2. The standard InChI is InChI=1S/C25H25F3N4O2/c26-25(27,28)23-12-10-21(15-31-23)32-20-9-11-22(30-14-20)19-7-5-18(6-8-19)17-3-1-16(2-4-17)13-24(33)34-29/h5-12,14-17,32H,1-4,13,29H2. The fourth-order valence-electron chi connectivity index (χ4n) is 4.35. The second-order valence-electron chi connectivity index (χ2n) is 8.52. The second-order valence-corrected chi connectivity index (χ2v) is 8.52. The highest BCUT2D eigenvalue weighted by Gasteiger charge is 2.32. The third kappa shape index (κ3) is 5.91. The van der Waals surface area contributed by atoms with Gasteiger partial charge in [0.2, 0.25) is 0 Å². The maximum Gasteiger partial charge on any atom is 0.433 e. The molecule has 0 unspecified atom stereocenters. The number of halogens is 3. The van der Waals surface area contributed by atoms with Crippen LogP contribution >= 0.6 is 0 Å². The predicted molar refractivity (Wildman–Crippen MR) is 122 cm³/mol. The molecule has 1 aliphatic carbocycles. The molecular formula is C25H25F3N4O2. The molecule has 2 aromatic heterocycles. The molecule has 0 atom stereocenters. The lowest BCUT2D eigenvalue weighted by Crippen LogP contribution is -2.19. The van der Waals surface area contributed by atoms with Crippen LogP contribution in [0.2, 0.25) is 0 Å². The molecule has 0 saturated heterocycles. The smallest absolute Gasteiger partial charge is 0.373 e. The molecular weight excluding hydrogens is 445 g/mol. The number of anilines is 2. The summed E-state index contributed by atoms with van der Waals surface area (Å²) in [5, 5.41) is 3.00. The van der Waals surface area contributed by atoms with Crippen LogP contribution in [0.15, 0.2) is 60.9 Å². The summed E-state index contributed by atoms with van der Waals surface area (Å²) in [7, 11) is 0. The van der Waals surface area contributed by atoms with E-state index >= 15 is 0 Å². The first-order valence-electron chi connectivity index (χ1n) is 11.1. The van der Waals surface area contributed by atoms with Gasteiger partial charge in [0.15, 0.2) is 0 Å². The van der Waals surface area contributed by atoms with Crippen LogP contribution in [0, 0.1) is 5.92 Å². The summed E-state index contributed by atoms with van der Waals surface area (Å²) in [6, 6.07) is 14.3. The number of rotatable bonds is 6. The number of aromatic nitrogens is 2. The van der Waals surface area contributed by atoms with Gasteiger partial charge in [-0.05, 0) is 67.3 Å². The molecule has 1 saturated carbocycles. The summed E-state index contributed by atoms with van der Waals surface area (Å²) >= 11 is 0. The first kappa shape index (κ1) is 23.7. The molecule has 9 heteroatoms. The van der Waals surface area contributed by atoms with Crippen LogP contribution < -0.4 is 11.2 Å². The number of hydrogen-bond donors (Lipinski definition) is 2. The summed E-state index contributed by atoms with van der Waals surface area (Å²) in [5.74, 6) is 5.39. The monoisotopic (exact) mass is 470 g/mol. The second kappa shape index (κ2) is 10.2. The topological polar surface area (TPSA) is 90.1 Å². The van der Waals surface area contributed by atoms with E-state index in [1.165, 1.54) is 11.6 Å². The minimum atomic E-state index is -4.46. The van der Waals surface area contributed by atoms with Gasteiger partial charge in [-0.2, -0.15) is 19.1 Å². The largest absolute Gasteiger partial charge is 0.433 e. The highest BCUT2D eigenvalue weighted by Crippen LogP contribution is 2.37. The average molecular weight is 470 g/mol. The summed E-state index contributed by atoms with van der Waals surface area (Å²) in [6.45, 7) is 0. The number of carbonyl (C=O) groups excluding carboxylic acids is 1. The molecule has 0 bridgehead atoms. The van der Waals surface area contributed by atoms with Crippen molar-refractivity contribution in [3.8, 4) is 11.3 Å². The van der Waals surface area contributed by atoms with Gasteiger partial charge >= 0.3 is 12.1 Å². The molecule has 3 aromatic rings. The van der Waals surface area contributed by atoms with E-state index in [0.717, 1.165) is 49.2 Å². The fourth-order valence-corrected chi connectivity index (χ4v) is 4.35. The summed E-state index contributed by atoms with van der Waals surface area (Å²) in [5.41, 5.74) is 3.22. The van der Waals surface area contributed by atoms with Gasteiger partial charge in [0.25, 0.3) is 0 Å². The maximum absolute atomic E-state index is 12.6. The van der Waals surface area contributed by atoms with Crippen LogP contribution in [-0.2, 0) is 15.8 Å². The Morgan fingerprint density at radius 1 is 0.941 bits per heavy atom. The number of nitrogens with one attached hydrogen (secondary N) is 1. The zero-order chi connectivity index (χ0) is 24.1. The fraction of sp³-hybridized carbons (Fsp3) is 0.320. The Morgan fingerprint density at radius 3 is 2.12 bits per heavy atom. The molecule has 0 spiro atoms. The van der Waals surface area contributed by atoms with E-state index in [4.69, 9.17) is 5.90 Å². The van der Waals surface area contributed by atoms with E-state index in [9.17, 15) is 18.0 Å². The minimum absolute atomic E-state index is 0.334. The lowest BCUT2D eigenvalue weighted by atomic mass is 9.77. The van der Waals surface area contributed by atoms with Crippen molar-refractivity contribution in [2.75, 3.05) is 5.32 Å². The molecule has 4 rings (SSSR count). The quantitative estimate of drug-likeness (QED) is 0.430.